The highest BCUT2D eigenvalue weighted by atomic mass is 32.2. The minimum atomic E-state index is -3.54. The summed E-state index contributed by atoms with van der Waals surface area (Å²) in [7, 11) is -3.54. The van der Waals surface area contributed by atoms with Crippen molar-refractivity contribution in [2.24, 2.45) is 9.98 Å². The molecule has 0 amide bonds. The quantitative estimate of drug-likeness (QED) is 0.516. The van der Waals surface area contributed by atoms with Gasteiger partial charge >= 0.3 is 0 Å². The Morgan fingerprint density at radius 1 is 0.970 bits per heavy atom. The van der Waals surface area contributed by atoms with E-state index in [2.05, 4.69) is 4.98 Å². The van der Waals surface area contributed by atoms with E-state index < -0.39 is 15.1 Å². The number of aromatic amines is 1. The van der Waals surface area contributed by atoms with E-state index in [0.717, 1.165) is 35.2 Å². The van der Waals surface area contributed by atoms with Gasteiger partial charge in [-0.3, -0.25) is 4.99 Å². The van der Waals surface area contributed by atoms with E-state index in [9.17, 15) is 8.42 Å². The van der Waals surface area contributed by atoms with Crippen molar-refractivity contribution in [2.45, 2.75) is 56.1 Å². The zero-order chi connectivity index (χ0) is 22.8. The van der Waals surface area contributed by atoms with Crippen LogP contribution in [0.2, 0.25) is 0 Å². The van der Waals surface area contributed by atoms with Crippen LogP contribution in [0.5, 0.6) is 0 Å². The van der Waals surface area contributed by atoms with Gasteiger partial charge in [0, 0.05) is 17.0 Å². The molecule has 0 saturated heterocycles. The maximum Gasteiger partial charge on any atom is 0.168 e. The second-order valence-electron chi connectivity index (χ2n) is 9.05. The molecular weight excluding hydrogens is 430 g/mol. The molecule has 0 radical (unpaired) electrons. The van der Waals surface area contributed by atoms with Gasteiger partial charge in [0.1, 0.15) is 5.25 Å². The molecule has 6 heteroatoms. The average Bonchev–Trinajstić information content (AvgIpc) is 3.26. The number of benzene rings is 2. The highest BCUT2D eigenvalue weighted by Crippen LogP contribution is 2.37. The van der Waals surface area contributed by atoms with Crippen LogP contribution >= 0.6 is 0 Å². The first-order valence-electron chi connectivity index (χ1n) is 11.7. The minimum Gasteiger partial charge on any atom is -0.356 e. The second-order valence-corrected chi connectivity index (χ2v) is 11.1. The summed E-state index contributed by atoms with van der Waals surface area (Å²) in [6.07, 6.45) is 5.77. The summed E-state index contributed by atoms with van der Waals surface area (Å²) in [6, 6.07) is 21.6. The van der Waals surface area contributed by atoms with Crippen LogP contribution in [0.15, 0.2) is 76.7 Å². The molecule has 33 heavy (non-hydrogen) atoms. The Labute approximate surface area is 195 Å². The van der Waals surface area contributed by atoms with Crippen molar-refractivity contribution >= 4 is 21.4 Å². The highest BCUT2D eigenvalue weighted by Gasteiger charge is 2.38. The van der Waals surface area contributed by atoms with Gasteiger partial charge in [-0.1, -0.05) is 79.9 Å². The molecule has 3 aromatic rings. The van der Waals surface area contributed by atoms with Gasteiger partial charge in [0.15, 0.2) is 15.7 Å². The summed E-state index contributed by atoms with van der Waals surface area (Å²) in [4.78, 5) is 13.2. The van der Waals surface area contributed by atoms with Crippen molar-refractivity contribution in [3.05, 3.63) is 83.6 Å². The molecule has 1 atom stereocenters. The Bertz CT molecular complexity index is 1290. The van der Waals surface area contributed by atoms with E-state index in [1.54, 1.807) is 0 Å². The predicted molar refractivity (Wildman–Crippen MR) is 135 cm³/mol. The number of rotatable bonds is 5. The van der Waals surface area contributed by atoms with Crippen LogP contribution in [0, 0.1) is 0 Å². The molecule has 0 bridgehead atoms. The standard InChI is InChI=1S/C27H29N3O2S/c1-19-26(33(31,32)18-20-11-5-2-6-12-20)25-23(17-24(30-25)21-13-7-3-8-14-21)27(28-19)29-22-15-9-4-10-16-22/h2-3,5-8,11-14,17,22,26,30H,4,9-10,15-16,18H2,1H3. The molecular formula is C27H29N3O2S. The van der Waals surface area contributed by atoms with Crippen molar-refractivity contribution in [3.63, 3.8) is 0 Å². The van der Waals surface area contributed by atoms with Gasteiger partial charge in [0.2, 0.25) is 0 Å². The fourth-order valence-corrected chi connectivity index (χ4v) is 6.88. The number of sulfone groups is 1. The van der Waals surface area contributed by atoms with Gasteiger partial charge in [-0.2, -0.15) is 0 Å². The molecule has 1 fully saturated rings. The molecule has 2 heterocycles. The van der Waals surface area contributed by atoms with Gasteiger partial charge in [0.25, 0.3) is 0 Å². The van der Waals surface area contributed by atoms with Crippen LogP contribution in [0.1, 0.15) is 61.1 Å². The second kappa shape index (κ2) is 9.10. The topological polar surface area (TPSA) is 74.7 Å². The van der Waals surface area contributed by atoms with Crippen molar-refractivity contribution in [1.29, 1.82) is 0 Å². The summed E-state index contributed by atoms with van der Waals surface area (Å²) in [6.45, 7) is 1.82. The number of aromatic nitrogens is 1. The lowest BCUT2D eigenvalue weighted by Gasteiger charge is -2.24. The number of amidine groups is 1. The first kappa shape index (κ1) is 21.8. The molecule has 1 saturated carbocycles. The van der Waals surface area contributed by atoms with Gasteiger partial charge in [-0.25, -0.2) is 13.4 Å². The van der Waals surface area contributed by atoms with Crippen LogP contribution in [0.25, 0.3) is 11.3 Å². The Morgan fingerprint density at radius 3 is 2.33 bits per heavy atom. The SMILES string of the molecule is CC1=NC(=NC2CCCCC2)c2cc(-c3ccccc3)[nH]c2C1S(=O)(=O)Cc1ccccc1. The fraction of sp³-hybridized carbons (Fsp3) is 0.333. The lowest BCUT2D eigenvalue weighted by molar-refractivity contribution is 0.443. The van der Waals surface area contributed by atoms with E-state index in [1.807, 2.05) is 73.7 Å². The zero-order valence-electron chi connectivity index (χ0n) is 18.9. The van der Waals surface area contributed by atoms with Crippen LogP contribution in [0.3, 0.4) is 0 Å². The first-order chi connectivity index (χ1) is 16.0. The maximum atomic E-state index is 13.6. The summed E-state index contributed by atoms with van der Waals surface area (Å²) < 4.78 is 27.3. The molecule has 2 aliphatic rings. The van der Waals surface area contributed by atoms with E-state index >= 15 is 0 Å². The molecule has 170 valence electrons. The molecule has 1 aliphatic carbocycles. The Hall–Kier alpha value is -2.99. The van der Waals surface area contributed by atoms with E-state index in [-0.39, 0.29) is 11.8 Å². The van der Waals surface area contributed by atoms with Crippen molar-refractivity contribution < 1.29 is 8.42 Å². The Morgan fingerprint density at radius 2 is 1.64 bits per heavy atom. The maximum absolute atomic E-state index is 13.6. The molecule has 1 aromatic heterocycles. The number of fused-ring (bicyclic) bond motifs is 1. The molecule has 5 rings (SSSR count). The first-order valence-corrected chi connectivity index (χ1v) is 13.4. The fourth-order valence-electron chi connectivity index (χ4n) is 4.94. The normalized spacial score (nSPS) is 20.5. The number of aliphatic imine (C=N–C) groups is 2. The molecule has 5 nitrogen and oxygen atoms in total. The minimum absolute atomic E-state index is 0.0282. The van der Waals surface area contributed by atoms with Crippen molar-refractivity contribution in [1.82, 2.24) is 4.98 Å². The molecule has 1 unspecified atom stereocenters. The molecule has 1 N–H and O–H groups in total. The average molecular weight is 460 g/mol. The van der Waals surface area contributed by atoms with Crippen LogP contribution in [0.4, 0.5) is 0 Å². The highest BCUT2D eigenvalue weighted by molar-refractivity contribution is 7.91. The monoisotopic (exact) mass is 459 g/mol. The van der Waals surface area contributed by atoms with E-state index in [1.165, 1.54) is 19.3 Å². The number of hydrogen-bond donors (Lipinski definition) is 1. The zero-order valence-corrected chi connectivity index (χ0v) is 19.7. The van der Waals surface area contributed by atoms with Gasteiger partial charge < -0.3 is 4.98 Å². The third-order valence-electron chi connectivity index (χ3n) is 6.55. The number of nitrogens with zero attached hydrogens (tertiary/aromatic N) is 2. The predicted octanol–water partition coefficient (Wildman–Crippen LogP) is 5.89. The van der Waals surface area contributed by atoms with E-state index in [4.69, 9.17) is 9.98 Å². The van der Waals surface area contributed by atoms with Crippen molar-refractivity contribution in [3.8, 4) is 11.3 Å². The number of hydrogen-bond acceptors (Lipinski definition) is 3. The Kier molecular flexibility index (Phi) is 6.02. The summed E-state index contributed by atoms with van der Waals surface area (Å²) in [5.41, 5.74) is 4.76. The Balaban J connectivity index is 1.60. The van der Waals surface area contributed by atoms with Crippen molar-refractivity contribution in [2.75, 3.05) is 0 Å². The van der Waals surface area contributed by atoms with Crippen LogP contribution in [-0.2, 0) is 15.6 Å². The summed E-state index contributed by atoms with van der Waals surface area (Å²) in [5.74, 6) is 0.638. The third kappa shape index (κ3) is 4.58. The van der Waals surface area contributed by atoms with Gasteiger partial charge in [-0.05, 0) is 37.0 Å². The third-order valence-corrected chi connectivity index (χ3v) is 8.58. The summed E-state index contributed by atoms with van der Waals surface area (Å²) in [5, 5.41) is -0.810. The van der Waals surface area contributed by atoms with Crippen LogP contribution < -0.4 is 0 Å². The number of nitrogens with one attached hydrogen (secondary N) is 1. The number of H-pyrrole nitrogens is 1. The lowest BCUT2D eigenvalue weighted by atomic mass is 9.95. The van der Waals surface area contributed by atoms with Gasteiger partial charge in [-0.15, -0.1) is 0 Å². The molecule has 0 spiro atoms. The smallest absolute Gasteiger partial charge is 0.168 e. The molecule has 1 aliphatic heterocycles. The van der Waals surface area contributed by atoms with Gasteiger partial charge in [0.05, 0.1) is 17.5 Å². The van der Waals surface area contributed by atoms with Crippen LogP contribution in [-0.4, -0.2) is 31.0 Å². The van der Waals surface area contributed by atoms with E-state index in [0.29, 0.717) is 17.2 Å². The molecule has 2 aromatic carbocycles. The summed E-state index contributed by atoms with van der Waals surface area (Å²) >= 11 is 0. The lowest BCUT2D eigenvalue weighted by Crippen LogP contribution is -2.29. The largest absolute Gasteiger partial charge is 0.356 e.